The molecular formula is C15H17N5O6. The van der Waals surface area contributed by atoms with E-state index < -0.39 is 39.4 Å². The predicted molar refractivity (Wildman–Crippen MR) is 91.4 cm³/mol. The highest BCUT2D eigenvalue weighted by Crippen LogP contribution is 2.26. The molecule has 11 nitrogen and oxygen atoms in total. The molecule has 0 spiro atoms. The first-order valence-electron chi connectivity index (χ1n) is 7.44. The molecule has 11 heteroatoms. The van der Waals surface area contributed by atoms with Crippen molar-refractivity contribution in [3.8, 4) is 5.75 Å². The summed E-state index contributed by atoms with van der Waals surface area (Å²) in [4.78, 5) is 50.8. The largest absolute Gasteiger partial charge is 0.474 e. The van der Waals surface area contributed by atoms with Crippen molar-refractivity contribution in [3.05, 3.63) is 54.3 Å². The summed E-state index contributed by atoms with van der Waals surface area (Å²) in [5.74, 6) is -1.89. The SMILES string of the molecule is Cc1ccc(OC(C)C(=O)c2c(N)n(C)c(=O)n(C)c2=O)c([N+](=O)[O-])n1. The minimum Gasteiger partial charge on any atom is -0.474 e. The number of nitrogens with two attached hydrogens (primary N) is 1. The van der Waals surface area contributed by atoms with Crippen molar-refractivity contribution in [2.24, 2.45) is 14.1 Å². The quantitative estimate of drug-likeness (QED) is 0.440. The third-order valence-electron chi connectivity index (χ3n) is 3.78. The first-order valence-corrected chi connectivity index (χ1v) is 7.44. The Labute approximate surface area is 146 Å². The van der Waals surface area contributed by atoms with E-state index in [1.807, 2.05) is 0 Å². The summed E-state index contributed by atoms with van der Waals surface area (Å²) >= 11 is 0. The van der Waals surface area contributed by atoms with Crippen molar-refractivity contribution >= 4 is 17.4 Å². The number of hydrogen-bond donors (Lipinski definition) is 1. The van der Waals surface area contributed by atoms with Gasteiger partial charge in [-0.1, -0.05) is 0 Å². The normalized spacial score (nSPS) is 11.8. The van der Waals surface area contributed by atoms with Crippen LogP contribution >= 0.6 is 0 Å². The second-order valence-corrected chi connectivity index (χ2v) is 5.62. The second-order valence-electron chi connectivity index (χ2n) is 5.62. The summed E-state index contributed by atoms with van der Waals surface area (Å²) in [7, 11) is 2.52. The van der Waals surface area contributed by atoms with Crippen molar-refractivity contribution in [3.63, 3.8) is 0 Å². The number of nitro groups is 1. The standard InChI is InChI=1S/C15H17N5O6/c1-7-5-6-9(13(17-7)20(24)25)26-8(2)11(21)10-12(16)18(3)15(23)19(4)14(10)22/h5-6,8H,16H2,1-4H3. The number of ether oxygens (including phenoxy) is 1. The molecule has 2 heterocycles. The summed E-state index contributed by atoms with van der Waals surface area (Å²) in [6.45, 7) is 2.89. The maximum Gasteiger partial charge on any atom is 0.406 e. The van der Waals surface area contributed by atoms with Gasteiger partial charge in [0.2, 0.25) is 11.5 Å². The lowest BCUT2D eigenvalue weighted by Crippen LogP contribution is -2.43. The molecule has 26 heavy (non-hydrogen) atoms. The molecule has 1 unspecified atom stereocenters. The molecule has 138 valence electrons. The topological polar surface area (TPSA) is 152 Å². The molecule has 1 atom stereocenters. The Balaban J connectivity index is 2.46. The Morgan fingerprint density at radius 3 is 2.50 bits per heavy atom. The van der Waals surface area contributed by atoms with Crippen LogP contribution in [0, 0.1) is 17.0 Å². The maximum absolute atomic E-state index is 12.6. The zero-order valence-electron chi connectivity index (χ0n) is 14.5. The van der Waals surface area contributed by atoms with E-state index >= 15 is 0 Å². The lowest BCUT2D eigenvalue weighted by Gasteiger charge is -2.16. The van der Waals surface area contributed by atoms with Crippen molar-refractivity contribution in [1.29, 1.82) is 0 Å². The van der Waals surface area contributed by atoms with Crippen LogP contribution in [0.3, 0.4) is 0 Å². The van der Waals surface area contributed by atoms with Crippen molar-refractivity contribution in [2.45, 2.75) is 20.0 Å². The number of pyridine rings is 1. The molecule has 2 rings (SSSR count). The average molecular weight is 363 g/mol. The maximum atomic E-state index is 12.6. The van der Waals surface area contributed by atoms with Crippen LogP contribution in [0.5, 0.6) is 5.75 Å². The fourth-order valence-corrected chi connectivity index (χ4v) is 2.29. The summed E-state index contributed by atoms with van der Waals surface area (Å²) in [5.41, 5.74) is 4.15. The Morgan fingerprint density at radius 2 is 1.92 bits per heavy atom. The van der Waals surface area contributed by atoms with E-state index in [1.54, 1.807) is 6.92 Å². The molecule has 0 fully saturated rings. The van der Waals surface area contributed by atoms with Crippen LogP contribution in [0.1, 0.15) is 23.0 Å². The molecule has 0 aliphatic carbocycles. The zero-order chi connectivity index (χ0) is 19.8. The van der Waals surface area contributed by atoms with E-state index in [4.69, 9.17) is 10.5 Å². The highest BCUT2D eigenvalue weighted by Gasteiger charge is 2.28. The summed E-state index contributed by atoms with van der Waals surface area (Å²) < 4.78 is 7.05. The van der Waals surface area contributed by atoms with Crippen LogP contribution in [0.15, 0.2) is 21.7 Å². The summed E-state index contributed by atoms with van der Waals surface area (Å²) in [5, 5.41) is 11.1. The highest BCUT2D eigenvalue weighted by molar-refractivity contribution is 6.02. The van der Waals surface area contributed by atoms with Crippen LogP contribution < -0.4 is 21.7 Å². The lowest BCUT2D eigenvalue weighted by molar-refractivity contribution is -0.390. The van der Waals surface area contributed by atoms with Crippen LogP contribution in [-0.2, 0) is 14.1 Å². The number of Topliss-reactive ketones (excluding diaryl/α,β-unsaturated/α-hetero) is 1. The number of hydrogen-bond acceptors (Lipinski definition) is 8. The van der Waals surface area contributed by atoms with Gasteiger partial charge in [0.1, 0.15) is 17.1 Å². The smallest absolute Gasteiger partial charge is 0.406 e. The Hall–Kier alpha value is -3.50. The molecule has 0 aromatic carbocycles. The molecule has 0 radical (unpaired) electrons. The first-order chi connectivity index (χ1) is 12.1. The van der Waals surface area contributed by atoms with E-state index in [9.17, 15) is 24.5 Å². The number of carbonyl (C=O) groups is 1. The molecule has 0 saturated carbocycles. The van der Waals surface area contributed by atoms with Gasteiger partial charge < -0.3 is 20.6 Å². The Morgan fingerprint density at radius 1 is 1.31 bits per heavy atom. The minimum atomic E-state index is -1.27. The molecule has 0 bridgehead atoms. The van der Waals surface area contributed by atoms with Gasteiger partial charge in [-0.3, -0.25) is 18.7 Å². The fourth-order valence-electron chi connectivity index (χ4n) is 2.29. The van der Waals surface area contributed by atoms with E-state index in [-0.39, 0.29) is 11.6 Å². The van der Waals surface area contributed by atoms with Crippen LogP contribution in [0.4, 0.5) is 11.6 Å². The van der Waals surface area contributed by atoms with Gasteiger partial charge in [-0.2, -0.15) is 0 Å². The predicted octanol–water partition coefficient (Wildman–Crippen LogP) is -0.0720. The number of nitrogen functional groups attached to an aromatic ring is 1. The zero-order valence-corrected chi connectivity index (χ0v) is 14.5. The van der Waals surface area contributed by atoms with Crippen molar-refractivity contribution in [2.75, 3.05) is 5.73 Å². The first kappa shape index (κ1) is 18.8. The third kappa shape index (κ3) is 3.18. The Kier molecular flexibility index (Phi) is 4.91. The molecule has 2 aromatic rings. The number of aryl methyl sites for hydroxylation is 1. The summed E-state index contributed by atoms with van der Waals surface area (Å²) in [6.07, 6.45) is -1.27. The second kappa shape index (κ2) is 6.78. The monoisotopic (exact) mass is 363 g/mol. The molecule has 2 aromatic heterocycles. The van der Waals surface area contributed by atoms with Gasteiger partial charge in [0, 0.05) is 21.0 Å². The van der Waals surface area contributed by atoms with E-state index in [1.165, 1.54) is 33.2 Å². The van der Waals surface area contributed by atoms with Gasteiger partial charge in [-0.25, -0.2) is 4.79 Å². The van der Waals surface area contributed by atoms with Gasteiger partial charge in [0.25, 0.3) is 5.56 Å². The molecule has 0 aliphatic heterocycles. The molecule has 0 amide bonds. The molecule has 2 N–H and O–H groups in total. The Bertz CT molecular complexity index is 1020. The van der Waals surface area contributed by atoms with Gasteiger partial charge in [0.05, 0.1) is 0 Å². The van der Waals surface area contributed by atoms with Crippen LogP contribution in [0.2, 0.25) is 0 Å². The van der Waals surface area contributed by atoms with E-state index in [2.05, 4.69) is 4.98 Å². The minimum absolute atomic E-state index is 0.221. The van der Waals surface area contributed by atoms with Crippen LogP contribution in [-0.4, -0.2) is 30.9 Å². The highest BCUT2D eigenvalue weighted by atomic mass is 16.6. The van der Waals surface area contributed by atoms with Gasteiger partial charge in [-0.05, 0) is 29.0 Å². The number of nitrogens with zero attached hydrogens (tertiary/aromatic N) is 4. The number of ketones is 1. The van der Waals surface area contributed by atoms with Crippen LogP contribution in [0.25, 0.3) is 0 Å². The molecule has 0 saturated heterocycles. The lowest BCUT2D eigenvalue weighted by atomic mass is 10.1. The summed E-state index contributed by atoms with van der Waals surface area (Å²) in [6, 6.07) is 2.80. The van der Waals surface area contributed by atoms with E-state index in [0.717, 1.165) is 9.13 Å². The number of anilines is 1. The number of aromatic nitrogens is 3. The van der Waals surface area contributed by atoms with Gasteiger partial charge in [0.15, 0.2) is 6.10 Å². The van der Waals surface area contributed by atoms with E-state index in [0.29, 0.717) is 5.69 Å². The fraction of sp³-hybridized carbons (Fsp3) is 0.333. The third-order valence-corrected chi connectivity index (χ3v) is 3.78. The van der Waals surface area contributed by atoms with Gasteiger partial charge in [-0.15, -0.1) is 0 Å². The number of carbonyl (C=O) groups excluding carboxylic acids is 1. The molecule has 0 aliphatic rings. The van der Waals surface area contributed by atoms with Crippen molar-refractivity contribution in [1.82, 2.24) is 14.1 Å². The van der Waals surface area contributed by atoms with Crippen molar-refractivity contribution < 1.29 is 14.5 Å². The van der Waals surface area contributed by atoms with Gasteiger partial charge >= 0.3 is 11.5 Å². The number of rotatable bonds is 5. The molecular weight excluding hydrogens is 346 g/mol. The average Bonchev–Trinajstić information content (AvgIpc) is 2.59.